The smallest absolute Gasteiger partial charge is 0.339 e. The zero-order chi connectivity index (χ0) is 22.4. The molecule has 0 spiro atoms. The fraction of sp³-hybridized carbons (Fsp3) is 0.583. The maximum atomic E-state index is 12.2. The maximum Gasteiger partial charge on any atom is 0.339 e. The lowest BCUT2D eigenvalue weighted by Gasteiger charge is -2.26. The van der Waals surface area contributed by atoms with Crippen LogP contribution in [0, 0.1) is 13.8 Å². The standard InChI is InChI=1S/C24H33NO6/c1-16(6-8-21(26)30-14-11-25-9-12-29-13-10-25)5-7-19-17(2)22-20(15-31-24(22)27)18(3)23(19)28-4/h5H,6-15H2,1-4H3/b16-5+. The van der Waals surface area contributed by atoms with Gasteiger partial charge < -0.3 is 18.9 Å². The van der Waals surface area contributed by atoms with E-state index in [9.17, 15) is 9.59 Å². The summed E-state index contributed by atoms with van der Waals surface area (Å²) in [5.41, 5.74) is 5.55. The topological polar surface area (TPSA) is 74.3 Å². The Morgan fingerprint density at radius 1 is 1.16 bits per heavy atom. The third-order valence-electron chi connectivity index (χ3n) is 6.11. The van der Waals surface area contributed by atoms with Crippen LogP contribution in [0.2, 0.25) is 0 Å². The van der Waals surface area contributed by atoms with Crippen molar-refractivity contribution < 1.29 is 28.5 Å². The molecule has 1 aromatic carbocycles. The number of carbonyl (C=O) groups excluding carboxylic acids is 2. The van der Waals surface area contributed by atoms with Crippen molar-refractivity contribution in [1.29, 1.82) is 0 Å². The van der Waals surface area contributed by atoms with E-state index in [1.54, 1.807) is 7.11 Å². The Labute approximate surface area is 184 Å². The van der Waals surface area contributed by atoms with Crippen LogP contribution in [0.15, 0.2) is 11.6 Å². The summed E-state index contributed by atoms with van der Waals surface area (Å²) in [5.74, 6) is 0.368. The molecule has 0 unspecified atom stereocenters. The predicted molar refractivity (Wildman–Crippen MR) is 117 cm³/mol. The summed E-state index contributed by atoms with van der Waals surface area (Å²) in [5, 5.41) is 0. The number of allylic oxidation sites excluding steroid dienone is 2. The van der Waals surface area contributed by atoms with Crippen LogP contribution in [0.1, 0.15) is 52.4 Å². The molecule has 0 aromatic heterocycles. The maximum absolute atomic E-state index is 12.2. The second-order valence-electron chi connectivity index (χ2n) is 8.12. The Bertz CT molecular complexity index is 854. The van der Waals surface area contributed by atoms with Crippen LogP contribution in [0.5, 0.6) is 5.75 Å². The van der Waals surface area contributed by atoms with Crippen molar-refractivity contribution in [2.75, 3.05) is 46.6 Å². The van der Waals surface area contributed by atoms with Gasteiger partial charge in [-0.1, -0.05) is 11.6 Å². The number of rotatable bonds is 9. The molecule has 1 saturated heterocycles. The Morgan fingerprint density at radius 3 is 2.61 bits per heavy atom. The number of cyclic esters (lactones) is 1. The first-order valence-corrected chi connectivity index (χ1v) is 10.9. The second kappa shape index (κ2) is 10.8. The van der Waals surface area contributed by atoms with E-state index in [-0.39, 0.29) is 11.9 Å². The van der Waals surface area contributed by atoms with E-state index in [0.29, 0.717) is 38.0 Å². The van der Waals surface area contributed by atoms with Gasteiger partial charge in [-0.15, -0.1) is 0 Å². The minimum atomic E-state index is -0.264. The fourth-order valence-corrected chi connectivity index (χ4v) is 4.15. The van der Waals surface area contributed by atoms with Crippen LogP contribution in [0.4, 0.5) is 0 Å². The molecule has 0 N–H and O–H groups in total. The van der Waals surface area contributed by atoms with Crippen molar-refractivity contribution in [3.63, 3.8) is 0 Å². The molecule has 7 nitrogen and oxygen atoms in total. The van der Waals surface area contributed by atoms with Crippen molar-refractivity contribution in [3.8, 4) is 5.75 Å². The molecule has 0 amide bonds. The summed E-state index contributed by atoms with van der Waals surface area (Å²) in [4.78, 5) is 26.5. The number of ether oxygens (including phenoxy) is 4. The van der Waals surface area contributed by atoms with E-state index in [2.05, 4.69) is 11.0 Å². The van der Waals surface area contributed by atoms with Crippen molar-refractivity contribution >= 4 is 11.9 Å². The van der Waals surface area contributed by atoms with Gasteiger partial charge in [0.25, 0.3) is 0 Å². The number of nitrogens with zero attached hydrogens (tertiary/aromatic N) is 1. The van der Waals surface area contributed by atoms with Crippen LogP contribution in [0.25, 0.3) is 0 Å². The lowest BCUT2D eigenvalue weighted by molar-refractivity contribution is -0.144. The SMILES string of the molecule is COc1c(C)c2c(c(C)c1C/C=C(\C)CCC(=O)OCCN1CCOCC1)C(=O)OC2. The van der Waals surface area contributed by atoms with Crippen LogP contribution in [-0.4, -0.2) is 63.4 Å². The number of benzene rings is 1. The Balaban J connectivity index is 1.53. The van der Waals surface area contributed by atoms with Gasteiger partial charge in [0.2, 0.25) is 0 Å². The van der Waals surface area contributed by atoms with Crippen LogP contribution >= 0.6 is 0 Å². The summed E-state index contributed by atoms with van der Waals surface area (Å²) in [6.07, 6.45) is 3.73. The first kappa shape index (κ1) is 23.3. The molecule has 2 aliphatic heterocycles. The molecule has 31 heavy (non-hydrogen) atoms. The van der Waals surface area contributed by atoms with E-state index < -0.39 is 0 Å². The van der Waals surface area contributed by atoms with E-state index in [4.69, 9.17) is 18.9 Å². The average molecular weight is 432 g/mol. The summed E-state index contributed by atoms with van der Waals surface area (Å²) < 4.78 is 21.6. The van der Waals surface area contributed by atoms with E-state index in [0.717, 1.165) is 66.4 Å². The van der Waals surface area contributed by atoms with Gasteiger partial charge in [0.05, 0.1) is 25.9 Å². The number of methoxy groups -OCH3 is 1. The van der Waals surface area contributed by atoms with E-state index in [1.807, 2.05) is 20.8 Å². The van der Waals surface area contributed by atoms with Crippen LogP contribution in [0.3, 0.4) is 0 Å². The molecule has 7 heteroatoms. The van der Waals surface area contributed by atoms with Gasteiger partial charge in [-0.05, 0) is 44.7 Å². The van der Waals surface area contributed by atoms with Gasteiger partial charge in [0.15, 0.2) is 0 Å². The van der Waals surface area contributed by atoms with Crippen molar-refractivity contribution in [2.45, 2.75) is 46.6 Å². The van der Waals surface area contributed by atoms with Gasteiger partial charge in [-0.25, -0.2) is 4.79 Å². The normalized spacial score (nSPS) is 16.8. The van der Waals surface area contributed by atoms with E-state index in [1.165, 1.54) is 0 Å². The molecule has 0 bridgehead atoms. The first-order chi connectivity index (χ1) is 14.9. The lowest BCUT2D eigenvalue weighted by Crippen LogP contribution is -2.38. The molecular weight excluding hydrogens is 398 g/mol. The first-order valence-electron chi connectivity index (χ1n) is 10.9. The van der Waals surface area contributed by atoms with E-state index >= 15 is 0 Å². The molecule has 0 aliphatic carbocycles. The second-order valence-corrected chi connectivity index (χ2v) is 8.12. The summed E-state index contributed by atoms with van der Waals surface area (Å²) in [6, 6.07) is 0. The molecule has 3 rings (SSSR count). The minimum absolute atomic E-state index is 0.175. The molecule has 2 heterocycles. The predicted octanol–water partition coefficient (Wildman–Crippen LogP) is 3.13. The molecule has 0 radical (unpaired) electrons. The number of fused-ring (bicyclic) bond motifs is 1. The summed E-state index contributed by atoms with van der Waals surface area (Å²) >= 11 is 0. The molecule has 1 aromatic rings. The van der Waals surface area contributed by atoms with Crippen molar-refractivity contribution in [2.24, 2.45) is 0 Å². The quantitative estimate of drug-likeness (QED) is 0.439. The number of hydrogen-bond donors (Lipinski definition) is 0. The Morgan fingerprint density at radius 2 is 1.90 bits per heavy atom. The zero-order valence-corrected chi connectivity index (χ0v) is 19.0. The molecule has 2 aliphatic rings. The number of carbonyl (C=O) groups is 2. The van der Waals surface area contributed by atoms with Gasteiger partial charge >= 0.3 is 11.9 Å². The van der Waals surface area contributed by atoms with Crippen molar-refractivity contribution in [1.82, 2.24) is 4.90 Å². The highest BCUT2D eigenvalue weighted by molar-refractivity contribution is 5.96. The largest absolute Gasteiger partial charge is 0.496 e. The average Bonchev–Trinajstić information content (AvgIpc) is 3.16. The molecular formula is C24H33NO6. The number of esters is 2. The lowest BCUT2D eigenvalue weighted by atomic mass is 9.91. The van der Waals surface area contributed by atoms with Gasteiger partial charge in [-0.3, -0.25) is 9.69 Å². The monoisotopic (exact) mass is 431 g/mol. The number of morpholine rings is 1. The van der Waals surface area contributed by atoms with Gasteiger partial charge in [0.1, 0.15) is 19.0 Å². The van der Waals surface area contributed by atoms with Crippen LogP contribution < -0.4 is 4.74 Å². The highest BCUT2D eigenvalue weighted by Crippen LogP contribution is 2.37. The fourth-order valence-electron chi connectivity index (χ4n) is 4.15. The third kappa shape index (κ3) is 5.66. The van der Waals surface area contributed by atoms with Crippen molar-refractivity contribution in [3.05, 3.63) is 39.5 Å². The summed E-state index contributed by atoms with van der Waals surface area (Å²) in [7, 11) is 1.65. The molecule has 0 saturated carbocycles. The van der Waals surface area contributed by atoms with Crippen LogP contribution in [-0.2, 0) is 32.0 Å². The van der Waals surface area contributed by atoms with Gasteiger partial charge in [-0.2, -0.15) is 0 Å². The van der Waals surface area contributed by atoms with Gasteiger partial charge in [0, 0.05) is 37.2 Å². The molecule has 1 fully saturated rings. The Kier molecular flexibility index (Phi) is 8.09. The molecule has 170 valence electrons. The Hall–Kier alpha value is -2.38. The zero-order valence-electron chi connectivity index (χ0n) is 19.0. The minimum Gasteiger partial charge on any atom is -0.496 e. The highest BCUT2D eigenvalue weighted by Gasteiger charge is 2.29. The summed E-state index contributed by atoms with van der Waals surface area (Å²) in [6.45, 7) is 10.7. The number of hydrogen-bond acceptors (Lipinski definition) is 7. The highest BCUT2D eigenvalue weighted by atomic mass is 16.5. The molecule has 0 atom stereocenters. The third-order valence-corrected chi connectivity index (χ3v) is 6.11.